The maximum Gasteiger partial charge on any atom is 0.225 e. The zero-order valence-electron chi connectivity index (χ0n) is 11.2. The lowest BCUT2D eigenvalue weighted by Gasteiger charge is -2.32. The van der Waals surface area contributed by atoms with Crippen LogP contribution in [0.1, 0.15) is 27.2 Å². The number of hydrogen-bond donors (Lipinski definition) is 2. The number of nitrogens with one attached hydrogen (secondary N) is 2. The van der Waals surface area contributed by atoms with Crippen LogP contribution in [-0.2, 0) is 9.59 Å². The molecule has 2 rings (SSSR count). The van der Waals surface area contributed by atoms with Gasteiger partial charge in [0.05, 0.1) is 12.0 Å². The summed E-state index contributed by atoms with van der Waals surface area (Å²) < 4.78 is 0. The SMILES string of the molecule is CC(C)(C)N1CC(NC(=O)C2CNC2)CC1=O.Cl. The van der Waals surface area contributed by atoms with E-state index in [2.05, 4.69) is 10.6 Å². The summed E-state index contributed by atoms with van der Waals surface area (Å²) in [5.74, 6) is 0.306. The molecule has 104 valence electrons. The maximum atomic E-state index is 11.8. The summed E-state index contributed by atoms with van der Waals surface area (Å²) in [7, 11) is 0. The molecule has 2 fully saturated rings. The lowest BCUT2D eigenvalue weighted by Crippen LogP contribution is -2.53. The minimum Gasteiger partial charge on any atom is -0.351 e. The molecule has 0 spiro atoms. The molecule has 5 nitrogen and oxygen atoms in total. The third kappa shape index (κ3) is 3.14. The Morgan fingerprint density at radius 2 is 2.00 bits per heavy atom. The van der Waals surface area contributed by atoms with Gasteiger partial charge < -0.3 is 15.5 Å². The number of halogens is 1. The van der Waals surface area contributed by atoms with Crippen LogP contribution in [0.15, 0.2) is 0 Å². The second-order valence-electron chi connectivity index (χ2n) is 5.94. The van der Waals surface area contributed by atoms with Crippen molar-refractivity contribution in [1.29, 1.82) is 0 Å². The van der Waals surface area contributed by atoms with E-state index in [1.165, 1.54) is 0 Å². The molecule has 0 bridgehead atoms. The highest BCUT2D eigenvalue weighted by molar-refractivity contribution is 5.85. The Labute approximate surface area is 114 Å². The third-order valence-electron chi connectivity index (χ3n) is 3.43. The minimum atomic E-state index is -0.158. The van der Waals surface area contributed by atoms with Crippen molar-refractivity contribution in [2.24, 2.45) is 5.92 Å². The molecule has 0 aromatic carbocycles. The predicted octanol–water partition coefficient (Wildman–Crippen LogP) is 0.143. The number of hydrogen-bond acceptors (Lipinski definition) is 3. The fourth-order valence-electron chi connectivity index (χ4n) is 2.25. The largest absolute Gasteiger partial charge is 0.351 e. The molecule has 0 saturated carbocycles. The van der Waals surface area contributed by atoms with Crippen molar-refractivity contribution in [2.75, 3.05) is 19.6 Å². The third-order valence-corrected chi connectivity index (χ3v) is 3.43. The van der Waals surface area contributed by atoms with E-state index < -0.39 is 0 Å². The Kier molecular flexibility index (Phi) is 4.61. The molecule has 2 heterocycles. The number of likely N-dealkylation sites (tertiary alicyclic amines) is 1. The second-order valence-corrected chi connectivity index (χ2v) is 5.94. The van der Waals surface area contributed by atoms with Gasteiger partial charge in [-0.05, 0) is 20.8 Å². The first-order chi connectivity index (χ1) is 7.88. The van der Waals surface area contributed by atoms with Crippen molar-refractivity contribution < 1.29 is 9.59 Å². The van der Waals surface area contributed by atoms with Gasteiger partial charge in [0.15, 0.2) is 0 Å². The van der Waals surface area contributed by atoms with Gasteiger partial charge in [0.2, 0.25) is 11.8 Å². The molecule has 18 heavy (non-hydrogen) atoms. The summed E-state index contributed by atoms with van der Waals surface area (Å²) in [6.45, 7) is 8.21. The molecule has 2 aliphatic rings. The van der Waals surface area contributed by atoms with E-state index in [0.29, 0.717) is 13.0 Å². The molecule has 2 N–H and O–H groups in total. The summed E-state index contributed by atoms with van der Waals surface area (Å²) in [5, 5.41) is 6.04. The molecule has 1 unspecified atom stereocenters. The Hall–Kier alpha value is -0.810. The van der Waals surface area contributed by atoms with Crippen LogP contribution >= 0.6 is 12.4 Å². The van der Waals surface area contributed by atoms with Gasteiger partial charge in [0.25, 0.3) is 0 Å². The average Bonchev–Trinajstić information content (AvgIpc) is 2.41. The van der Waals surface area contributed by atoms with Crippen LogP contribution in [0.3, 0.4) is 0 Å². The number of nitrogens with zero attached hydrogens (tertiary/aromatic N) is 1. The van der Waals surface area contributed by atoms with Crippen molar-refractivity contribution in [1.82, 2.24) is 15.5 Å². The van der Waals surface area contributed by atoms with Crippen molar-refractivity contribution in [3.05, 3.63) is 0 Å². The van der Waals surface area contributed by atoms with Crippen molar-refractivity contribution in [3.8, 4) is 0 Å². The number of rotatable bonds is 2. The second kappa shape index (κ2) is 5.45. The zero-order chi connectivity index (χ0) is 12.6. The van der Waals surface area contributed by atoms with Gasteiger partial charge in [0, 0.05) is 31.6 Å². The van der Waals surface area contributed by atoms with Gasteiger partial charge in [0.1, 0.15) is 0 Å². The highest BCUT2D eigenvalue weighted by atomic mass is 35.5. The highest BCUT2D eigenvalue weighted by Gasteiger charge is 2.37. The average molecular weight is 276 g/mol. The molecule has 0 aromatic rings. The van der Waals surface area contributed by atoms with Gasteiger partial charge in [-0.15, -0.1) is 12.4 Å². The fourth-order valence-corrected chi connectivity index (χ4v) is 2.25. The summed E-state index contributed by atoms with van der Waals surface area (Å²) >= 11 is 0. The van der Waals surface area contributed by atoms with E-state index in [0.717, 1.165) is 13.1 Å². The van der Waals surface area contributed by atoms with Gasteiger partial charge in [-0.2, -0.15) is 0 Å². The highest BCUT2D eigenvalue weighted by Crippen LogP contribution is 2.22. The normalized spacial score (nSPS) is 24.5. The molecule has 2 saturated heterocycles. The topological polar surface area (TPSA) is 61.4 Å². The maximum absolute atomic E-state index is 11.8. The Morgan fingerprint density at radius 3 is 2.39 bits per heavy atom. The predicted molar refractivity (Wildman–Crippen MR) is 71.6 cm³/mol. The molecule has 0 aromatic heterocycles. The number of carbonyl (C=O) groups excluding carboxylic acids is 2. The van der Waals surface area contributed by atoms with Crippen LogP contribution < -0.4 is 10.6 Å². The summed E-state index contributed by atoms with van der Waals surface area (Å²) in [6, 6.07) is -0.0187. The van der Waals surface area contributed by atoms with Crippen molar-refractivity contribution >= 4 is 24.2 Å². The van der Waals surface area contributed by atoms with Crippen molar-refractivity contribution in [2.45, 2.75) is 38.8 Å². The lowest BCUT2D eigenvalue weighted by molar-refractivity contribution is -0.131. The molecular formula is C12H22ClN3O2. The van der Waals surface area contributed by atoms with Crippen LogP contribution in [0.4, 0.5) is 0 Å². The zero-order valence-corrected chi connectivity index (χ0v) is 12.0. The first kappa shape index (κ1) is 15.2. The monoisotopic (exact) mass is 275 g/mol. The Balaban J connectivity index is 0.00000162. The molecule has 2 amide bonds. The van der Waals surface area contributed by atoms with Gasteiger partial charge in [-0.3, -0.25) is 9.59 Å². The summed E-state index contributed by atoms with van der Waals surface area (Å²) in [4.78, 5) is 25.4. The van der Waals surface area contributed by atoms with Crippen LogP contribution in [0.2, 0.25) is 0 Å². The molecule has 6 heteroatoms. The van der Waals surface area contributed by atoms with Crippen LogP contribution in [0.25, 0.3) is 0 Å². The Morgan fingerprint density at radius 1 is 1.39 bits per heavy atom. The molecule has 1 atom stereocenters. The molecule has 0 aliphatic carbocycles. The van der Waals surface area contributed by atoms with E-state index >= 15 is 0 Å². The van der Waals surface area contributed by atoms with E-state index in [1.54, 1.807) is 0 Å². The van der Waals surface area contributed by atoms with Crippen LogP contribution in [-0.4, -0.2) is 47.9 Å². The Bertz CT molecular complexity index is 337. The molecule has 2 aliphatic heterocycles. The smallest absolute Gasteiger partial charge is 0.225 e. The fraction of sp³-hybridized carbons (Fsp3) is 0.833. The minimum absolute atomic E-state index is 0. The van der Waals surface area contributed by atoms with E-state index in [4.69, 9.17) is 0 Å². The summed E-state index contributed by atoms with van der Waals surface area (Å²) in [5.41, 5.74) is -0.158. The standard InChI is InChI=1S/C12H21N3O2.ClH/c1-12(2,3)15-7-9(4-10(15)16)14-11(17)8-5-13-6-8;/h8-9,13H,4-7H2,1-3H3,(H,14,17);1H. The van der Waals surface area contributed by atoms with Gasteiger partial charge in [-0.1, -0.05) is 0 Å². The van der Waals surface area contributed by atoms with E-state index in [-0.39, 0.29) is 41.7 Å². The lowest BCUT2D eigenvalue weighted by atomic mass is 10.0. The number of carbonyl (C=O) groups is 2. The van der Waals surface area contributed by atoms with Gasteiger partial charge >= 0.3 is 0 Å². The van der Waals surface area contributed by atoms with E-state index in [9.17, 15) is 9.59 Å². The van der Waals surface area contributed by atoms with Crippen LogP contribution in [0, 0.1) is 5.92 Å². The summed E-state index contributed by atoms with van der Waals surface area (Å²) in [6.07, 6.45) is 0.434. The van der Waals surface area contributed by atoms with Crippen LogP contribution in [0.5, 0.6) is 0 Å². The number of amides is 2. The first-order valence-corrected chi connectivity index (χ1v) is 6.19. The first-order valence-electron chi connectivity index (χ1n) is 6.19. The van der Waals surface area contributed by atoms with Gasteiger partial charge in [-0.25, -0.2) is 0 Å². The quantitative estimate of drug-likeness (QED) is 0.754. The molecular weight excluding hydrogens is 254 g/mol. The molecule has 0 radical (unpaired) electrons. The van der Waals surface area contributed by atoms with E-state index in [1.807, 2.05) is 25.7 Å². The van der Waals surface area contributed by atoms with Crippen molar-refractivity contribution in [3.63, 3.8) is 0 Å².